The molecule has 0 saturated heterocycles. The highest BCUT2D eigenvalue weighted by Crippen LogP contribution is 2.37. The number of hydrogen-bond donors (Lipinski definition) is 3. The maximum Gasteiger partial charge on any atom is 0.264 e. The third kappa shape index (κ3) is 5.41. The minimum Gasteiger partial charge on any atom is -0.353 e. The Hall–Kier alpha value is -2.39. The molecule has 2 aliphatic carbocycles. The molecule has 1 heterocycles. The van der Waals surface area contributed by atoms with E-state index in [2.05, 4.69) is 29.8 Å². The number of nitrogens with zero attached hydrogens (tertiary/aromatic N) is 1. The second-order valence-corrected chi connectivity index (χ2v) is 12.1. The van der Waals surface area contributed by atoms with Gasteiger partial charge in [-0.3, -0.25) is 13.9 Å². The van der Waals surface area contributed by atoms with E-state index < -0.39 is 22.0 Å². The summed E-state index contributed by atoms with van der Waals surface area (Å²) in [5, 5.41) is 9.32. The molecule has 1 aromatic carbocycles. The summed E-state index contributed by atoms with van der Waals surface area (Å²) in [6.45, 7) is 6.18. The molecule has 3 aliphatic rings. The van der Waals surface area contributed by atoms with Crippen molar-refractivity contribution < 1.29 is 18.0 Å². The SMILES string of the molecule is Cc1ccc(S(=O)(=O)N2C=CNC(=O)[C@H]2CC(=O)NC2CC[C@@H](NC3CC3)CC2(C)C)cc1. The van der Waals surface area contributed by atoms with Gasteiger partial charge in [0.2, 0.25) is 11.8 Å². The van der Waals surface area contributed by atoms with Crippen molar-refractivity contribution in [1.29, 1.82) is 0 Å². The lowest BCUT2D eigenvalue weighted by Crippen LogP contribution is -2.55. The Morgan fingerprint density at radius 1 is 1.12 bits per heavy atom. The average Bonchev–Trinajstić information content (AvgIpc) is 3.55. The molecule has 2 saturated carbocycles. The van der Waals surface area contributed by atoms with Crippen LogP contribution >= 0.6 is 0 Å². The molecule has 1 aliphatic heterocycles. The van der Waals surface area contributed by atoms with Gasteiger partial charge in [0.15, 0.2) is 0 Å². The number of sulfonamides is 1. The molecule has 1 unspecified atom stereocenters. The van der Waals surface area contributed by atoms with Crippen molar-refractivity contribution in [2.75, 3.05) is 0 Å². The molecule has 2 amide bonds. The van der Waals surface area contributed by atoms with Crippen molar-refractivity contribution in [3.63, 3.8) is 0 Å². The molecule has 9 heteroatoms. The second-order valence-electron chi connectivity index (χ2n) is 10.2. The van der Waals surface area contributed by atoms with Gasteiger partial charge < -0.3 is 16.0 Å². The highest BCUT2D eigenvalue weighted by Gasteiger charge is 2.41. The van der Waals surface area contributed by atoms with Crippen LogP contribution in [-0.2, 0) is 19.6 Å². The summed E-state index contributed by atoms with van der Waals surface area (Å²) in [6.07, 6.45) is 7.67. The summed E-state index contributed by atoms with van der Waals surface area (Å²) >= 11 is 0. The summed E-state index contributed by atoms with van der Waals surface area (Å²) in [5.41, 5.74) is 0.838. The van der Waals surface area contributed by atoms with E-state index in [1.807, 2.05) is 6.92 Å². The van der Waals surface area contributed by atoms with E-state index in [0.29, 0.717) is 12.1 Å². The molecule has 3 N–H and O–H groups in total. The topological polar surface area (TPSA) is 108 Å². The summed E-state index contributed by atoms with van der Waals surface area (Å²) in [7, 11) is -3.98. The summed E-state index contributed by atoms with van der Waals surface area (Å²) in [6, 6.07) is 6.39. The first-order chi connectivity index (χ1) is 15.6. The van der Waals surface area contributed by atoms with Crippen molar-refractivity contribution in [3.8, 4) is 0 Å². The zero-order valence-corrected chi connectivity index (χ0v) is 20.3. The standard InChI is InChI=1S/C24H34N4O4S/c1-16-4-9-19(10-5-16)33(31,32)28-13-12-25-23(30)20(28)14-22(29)27-21-11-8-18(15-24(21,2)3)26-17-6-7-17/h4-5,9-10,12-13,17-18,20-21,26H,6-8,11,14-15H2,1-3H3,(H,25,30)(H,27,29)/t18-,20-,21?/m1/s1. The molecule has 0 aromatic heterocycles. The first-order valence-corrected chi connectivity index (χ1v) is 13.1. The fourth-order valence-corrected chi connectivity index (χ4v) is 6.28. The Morgan fingerprint density at radius 3 is 2.42 bits per heavy atom. The van der Waals surface area contributed by atoms with E-state index in [9.17, 15) is 18.0 Å². The van der Waals surface area contributed by atoms with Crippen LogP contribution in [0, 0.1) is 12.3 Å². The lowest BCUT2D eigenvalue weighted by Gasteiger charge is -2.43. The van der Waals surface area contributed by atoms with Crippen molar-refractivity contribution in [2.24, 2.45) is 5.41 Å². The van der Waals surface area contributed by atoms with Crippen LogP contribution in [-0.4, -0.2) is 48.7 Å². The van der Waals surface area contributed by atoms with Gasteiger partial charge in [0.1, 0.15) is 6.04 Å². The fraction of sp³-hybridized carbons (Fsp3) is 0.583. The Morgan fingerprint density at radius 2 is 1.79 bits per heavy atom. The molecule has 3 atom stereocenters. The Balaban J connectivity index is 1.43. The first kappa shape index (κ1) is 23.8. The van der Waals surface area contributed by atoms with Crippen LogP contribution in [0.1, 0.15) is 57.9 Å². The normalized spacial score (nSPS) is 27.2. The van der Waals surface area contributed by atoms with Gasteiger partial charge in [-0.05, 0) is 56.6 Å². The van der Waals surface area contributed by atoms with Crippen LogP contribution in [0.5, 0.6) is 0 Å². The number of benzene rings is 1. The van der Waals surface area contributed by atoms with Crippen LogP contribution in [0.3, 0.4) is 0 Å². The minimum absolute atomic E-state index is 0.0217. The van der Waals surface area contributed by atoms with Crippen molar-refractivity contribution in [2.45, 2.75) is 88.4 Å². The highest BCUT2D eigenvalue weighted by molar-refractivity contribution is 7.89. The fourth-order valence-electron chi connectivity index (χ4n) is 4.83. The van der Waals surface area contributed by atoms with Gasteiger partial charge in [0.05, 0.1) is 11.3 Å². The Kier molecular flexibility index (Phi) is 6.55. The minimum atomic E-state index is -3.98. The highest BCUT2D eigenvalue weighted by atomic mass is 32.2. The first-order valence-electron chi connectivity index (χ1n) is 11.7. The molecule has 8 nitrogen and oxygen atoms in total. The van der Waals surface area contributed by atoms with E-state index in [1.54, 1.807) is 12.1 Å². The number of rotatable bonds is 7. The summed E-state index contributed by atoms with van der Waals surface area (Å²) < 4.78 is 27.4. The zero-order chi connectivity index (χ0) is 23.8. The molecule has 0 spiro atoms. The van der Waals surface area contributed by atoms with Crippen molar-refractivity contribution in [3.05, 3.63) is 42.2 Å². The largest absolute Gasteiger partial charge is 0.353 e. The average molecular weight is 475 g/mol. The van der Waals surface area contributed by atoms with E-state index >= 15 is 0 Å². The third-order valence-corrected chi connectivity index (χ3v) is 8.73. The molecule has 2 fully saturated rings. The van der Waals surface area contributed by atoms with Crippen LogP contribution in [0.25, 0.3) is 0 Å². The number of carbonyl (C=O) groups is 2. The number of amides is 2. The van der Waals surface area contributed by atoms with Crippen LogP contribution in [0.2, 0.25) is 0 Å². The molecule has 4 rings (SSSR count). The van der Waals surface area contributed by atoms with Gasteiger partial charge in [-0.25, -0.2) is 8.42 Å². The number of carbonyl (C=O) groups excluding carboxylic acids is 2. The van der Waals surface area contributed by atoms with Crippen LogP contribution in [0.15, 0.2) is 41.6 Å². The van der Waals surface area contributed by atoms with Gasteiger partial charge in [0, 0.05) is 30.5 Å². The lowest BCUT2D eigenvalue weighted by atomic mass is 9.71. The molecular formula is C24H34N4O4S. The maximum atomic E-state index is 13.2. The zero-order valence-electron chi connectivity index (χ0n) is 19.5. The van der Waals surface area contributed by atoms with E-state index in [0.717, 1.165) is 29.1 Å². The third-order valence-electron chi connectivity index (χ3n) is 6.94. The number of hydrogen-bond acceptors (Lipinski definition) is 5. The summed E-state index contributed by atoms with van der Waals surface area (Å²) in [5.74, 6) is -0.832. The summed E-state index contributed by atoms with van der Waals surface area (Å²) in [4.78, 5) is 25.7. The van der Waals surface area contributed by atoms with Gasteiger partial charge in [-0.1, -0.05) is 31.5 Å². The molecule has 0 radical (unpaired) electrons. The predicted octanol–water partition coefficient (Wildman–Crippen LogP) is 2.16. The number of aryl methyl sites for hydroxylation is 1. The second kappa shape index (κ2) is 9.10. The lowest BCUT2D eigenvalue weighted by molar-refractivity contribution is -0.130. The monoisotopic (exact) mass is 474 g/mol. The van der Waals surface area contributed by atoms with Crippen molar-refractivity contribution in [1.82, 2.24) is 20.3 Å². The number of nitrogens with one attached hydrogen (secondary N) is 3. The maximum absolute atomic E-state index is 13.2. The molecule has 0 bridgehead atoms. The Bertz CT molecular complexity index is 1030. The van der Waals surface area contributed by atoms with Gasteiger partial charge >= 0.3 is 0 Å². The van der Waals surface area contributed by atoms with Crippen molar-refractivity contribution >= 4 is 21.8 Å². The Labute approximate surface area is 196 Å². The van der Waals surface area contributed by atoms with Gasteiger partial charge in [-0.2, -0.15) is 0 Å². The predicted molar refractivity (Wildman–Crippen MR) is 125 cm³/mol. The van der Waals surface area contributed by atoms with Gasteiger partial charge in [0.25, 0.3) is 10.0 Å². The molecular weight excluding hydrogens is 440 g/mol. The van der Waals surface area contributed by atoms with E-state index in [1.165, 1.54) is 37.4 Å². The molecule has 1 aromatic rings. The van der Waals surface area contributed by atoms with E-state index in [-0.39, 0.29) is 28.7 Å². The smallest absolute Gasteiger partial charge is 0.264 e. The molecule has 180 valence electrons. The quantitative estimate of drug-likeness (QED) is 0.561. The van der Waals surface area contributed by atoms with E-state index in [4.69, 9.17) is 0 Å². The van der Waals surface area contributed by atoms with Crippen LogP contribution in [0.4, 0.5) is 0 Å². The van der Waals surface area contributed by atoms with Gasteiger partial charge in [-0.15, -0.1) is 0 Å². The molecule has 33 heavy (non-hydrogen) atoms. The van der Waals surface area contributed by atoms with Crippen LogP contribution < -0.4 is 16.0 Å².